The minimum atomic E-state index is -1.99. The highest BCUT2D eigenvalue weighted by molar-refractivity contribution is 6.74. The van der Waals surface area contributed by atoms with Crippen molar-refractivity contribution in [2.24, 2.45) is 28.6 Å². The summed E-state index contributed by atoms with van der Waals surface area (Å²) >= 11 is 0. The van der Waals surface area contributed by atoms with E-state index in [1.807, 2.05) is 6.92 Å². The molecule has 0 spiro atoms. The van der Waals surface area contributed by atoms with E-state index in [4.69, 9.17) is 8.85 Å². The highest BCUT2D eigenvalue weighted by Gasteiger charge is 2.60. The van der Waals surface area contributed by atoms with Gasteiger partial charge in [-0.15, -0.1) is 0 Å². The van der Waals surface area contributed by atoms with E-state index in [9.17, 15) is 5.11 Å². The van der Waals surface area contributed by atoms with Crippen molar-refractivity contribution >= 4 is 16.6 Å². The van der Waals surface area contributed by atoms with Crippen molar-refractivity contribution in [3.05, 3.63) is 23.3 Å². The zero-order valence-corrected chi connectivity index (χ0v) is 29.1. The molecule has 3 saturated carbocycles. The maximum atomic E-state index is 10.7. The lowest BCUT2D eigenvalue weighted by Crippen LogP contribution is -2.58. The quantitative estimate of drug-likeness (QED) is 0.341. The Morgan fingerprint density at radius 2 is 1.45 bits per heavy atom. The first kappa shape index (κ1) is 30.7. The molecule has 0 bridgehead atoms. The minimum Gasteiger partial charge on any atom is -0.414 e. The number of hydrogen-bond acceptors (Lipinski definition) is 3. The fraction of sp³-hybridized carbons (Fsp3) is 0.879. The Balaban J connectivity index is 1.74. The molecular formula is C33H60O3Si2. The maximum Gasteiger partial charge on any atom is 0.192 e. The molecule has 218 valence electrons. The average molecular weight is 561 g/mol. The molecule has 8 atom stereocenters. The molecule has 0 aromatic rings. The average Bonchev–Trinajstić information content (AvgIpc) is 3.10. The van der Waals surface area contributed by atoms with Crippen LogP contribution in [0.1, 0.15) is 101 Å². The Kier molecular flexibility index (Phi) is 7.83. The van der Waals surface area contributed by atoms with E-state index < -0.39 is 16.6 Å². The molecule has 4 aliphatic rings. The number of hydrogen-bond donors (Lipinski definition) is 1. The van der Waals surface area contributed by atoms with Gasteiger partial charge in [0.25, 0.3) is 0 Å². The van der Waals surface area contributed by atoms with Crippen molar-refractivity contribution in [1.82, 2.24) is 0 Å². The molecule has 2 unspecified atom stereocenters. The first-order valence-electron chi connectivity index (χ1n) is 15.6. The summed E-state index contributed by atoms with van der Waals surface area (Å²) in [5.74, 6) is 1.54. The Bertz CT molecular complexity index is 966. The van der Waals surface area contributed by atoms with Crippen LogP contribution in [-0.4, -0.2) is 40.1 Å². The van der Waals surface area contributed by atoms with Gasteiger partial charge in [0.1, 0.15) is 0 Å². The van der Waals surface area contributed by atoms with E-state index in [0.29, 0.717) is 17.8 Å². The first-order valence-corrected chi connectivity index (χ1v) is 21.4. The summed E-state index contributed by atoms with van der Waals surface area (Å²) in [7, 11) is -3.88. The molecule has 3 fully saturated rings. The summed E-state index contributed by atoms with van der Waals surface area (Å²) in [6.07, 6.45) is 12.1. The predicted molar refractivity (Wildman–Crippen MR) is 166 cm³/mol. The minimum absolute atomic E-state index is 0.0249. The Hall–Kier alpha value is -0.206. The van der Waals surface area contributed by atoms with Crippen LogP contribution in [-0.2, 0) is 8.85 Å². The van der Waals surface area contributed by atoms with E-state index in [0.717, 1.165) is 19.3 Å². The van der Waals surface area contributed by atoms with Gasteiger partial charge in [-0.2, -0.15) is 0 Å². The van der Waals surface area contributed by atoms with Crippen LogP contribution in [0, 0.1) is 28.6 Å². The van der Waals surface area contributed by atoms with Crippen LogP contribution in [0.3, 0.4) is 0 Å². The van der Waals surface area contributed by atoms with Crippen molar-refractivity contribution in [3.8, 4) is 0 Å². The number of fused-ring (bicyclic) bond motifs is 5. The number of aliphatic hydroxyl groups excluding tert-OH is 1. The lowest BCUT2D eigenvalue weighted by Gasteiger charge is -2.59. The van der Waals surface area contributed by atoms with Crippen LogP contribution in [0.5, 0.6) is 0 Å². The van der Waals surface area contributed by atoms with Gasteiger partial charge >= 0.3 is 0 Å². The standard InChI is InChI=1S/C33H60O3Si2/c1-22(34)26-16-17-27-25-15-14-23-20-24(35-37(10,11)30(2,3)4)21-29(36-38(12,13)31(5,6)7)33(23,9)28(25)18-19-32(26,27)8/h14-15,22,24,26-29,34H,16-21H2,1-13H3/t22-,24-,26-,27?,28?,29+,32-,33+/m1/s1. The summed E-state index contributed by atoms with van der Waals surface area (Å²) in [4.78, 5) is 0. The normalized spacial score (nSPS) is 39.1. The molecule has 0 heterocycles. The van der Waals surface area contributed by atoms with E-state index in [-0.39, 0.29) is 39.2 Å². The lowest BCUT2D eigenvalue weighted by molar-refractivity contribution is -0.0490. The van der Waals surface area contributed by atoms with Crippen LogP contribution in [0.4, 0.5) is 0 Å². The maximum absolute atomic E-state index is 10.7. The SMILES string of the molecule is C[C@@H](O)[C@H]1CCC2C3=CC=C4C[C@@H](O[Si](C)(C)C(C)(C)C)C[C@H](O[Si](C)(C)C(C)(C)C)[C@]4(C)C3CC[C@@]21C. The zero-order valence-electron chi connectivity index (χ0n) is 27.1. The predicted octanol–water partition coefficient (Wildman–Crippen LogP) is 9.26. The topological polar surface area (TPSA) is 38.7 Å². The van der Waals surface area contributed by atoms with E-state index in [1.165, 1.54) is 19.3 Å². The summed E-state index contributed by atoms with van der Waals surface area (Å²) in [6.45, 7) is 30.9. The highest BCUT2D eigenvalue weighted by atomic mass is 28.4. The second kappa shape index (κ2) is 9.68. The third kappa shape index (κ3) is 4.93. The van der Waals surface area contributed by atoms with Gasteiger partial charge < -0.3 is 14.0 Å². The van der Waals surface area contributed by atoms with Crippen molar-refractivity contribution in [3.63, 3.8) is 0 Å². The second-order valence-electron chi connectivity index (χ2n) is 17.0. The lowest BCUT2D eigenvalue weighted by atomic mass is 9.49. The molecule has 4 rings (SSSR count). The molecule has 0 aromatic heterocycles. The van der Waals surface area contributed by atoms with Gasteiger partial charge in [0, 0.05) is 5.41 Å². The zero-order chi connectivity index (χ0) is 28.7. The van der Waals surface area contributed by atoms with Crippen LogP contribution >= 0.6 is 0 Å². The van der Waals surface area contributed by atoms with Crippen molar-refractivity contribution in [1.29, 1.82) is 0 Å². The summed E-state index contributed by atoms with van der Waals surface area (Å²) in [6, 6.07) is 0. The third-order valence-electron chi connectivity index (χ3n) is 12.8. The molecule has 38 heavy (non-hydrogen) atoms. The Morgan fingerprint density at radius 3 is 2.00 bits per heavy atom. The number of aliphatic hydroxyl groups is 1. The van der Waals surface area contributed by atoms with Gasteiger partial charge in [0.2, 0.25) is 0 Å². The molecule has 0 aliphatic heterocycles. The molecule has 0 aromatic carbocycles. The van der Waals surface area contributed by atoms with Crippen LogP contribution in [0.15, 0.2) is 23.3 Å². The molecule has 0 saturated heterocycles. The van der Waals surface area contributed by atoms with Gasteiger partial charge in [0.15, 0.2) is 16.6 Å². The van der Waals surface area contributed by atoms with Crippen molar-refractivity contribution < 1.29 is 14.0 Å². The summed E-state index contributed by atoms with van der Waals surface area (Å²) in [5.41, 5.74) is 3.48. The molecule has 4 aliphatic carbocycles. The summed E-state index contributed by atoms with van der Waals surface area (Å²) in [5, 5.41) is 11.0. The van der Waals surface area contributed by atoms with Crippen molar-refractivity contribution in [2.75, 3.05) is 0 Å². The fourth-order valence-electron chi connectivity index (χ4n) is 8.22. The van der Waals surface area contributed by atoms with Gasteiger partial charge in [-0.1, -0.05) is 78.7 Å². The van der Waals surface area contributed by atoms with Gasteiger partial charge in [-0.25, -0.2) is 0 Å². The Labute approximate surface area is 237 Å². The van der Waals surface area contributed by atoms with Gasteiger partial charge in [-0.3, -0.25) is 0 Å². The number of allylic oxidation sites excluding steroid dienone is 3. The second-order valence-corrected chi connectivity index (χ2v) is 26.5. The third-order valence-corrected chi connectivity index (χ3v) is 21.8. The summed E-state index contributed by atoms with van der Waals surface area (Å²) < 4.78 is 14.6. The van der Waals surface area contributed by atoms with Crippen LogP contribution in [0.2, 0.25) is 36.3 Å². The molecule has 0 amide bonds. The monoisotopic (exact) mass is 560 g/mol. The Morgan fingerprint density at radius 1 is 0.868 bits per heavy atom. The molecule has 0 radical (unpaired) electrons. The molecule has 5 heteroatoms. The largest absolute Gasteiger partial charge is 0.414 e. The van der Waals surface area contributed by atoms with Crippen LogP contribution in [0.25, 0.3) is 0 Å². The molecule has 3 nitrogen and oxygen atoms in total. The van der Waals surface area contributed by atoms with Gasteiger partial charge in [0.05, 0.1) is 18.3 Å². The van der Waals surface area contributed by atoms with Crippen LogP contribution < -0.4 is 0 Å². The highest BCUT2D eigenvalue weighted by Crippen LogP contribution is 2.66. The van der Waals surface area contributed by atoms with E-state index in [2.05, 4.69) is 93.7 Å². The smallest absolute Gasteiger partial charge is 0.192 e. The molecular weight excluding hydrogens is 501 g/mol. The fourth-order valence-corrected chi connectivity index (χ4v) is 11.0. The van der Waals surface area contributed by atoms with Gasteiger partial charge in [-0.05, 0) is 105 Å². The first-order chi connectivity index (χ1) is 17.1. The van der Waals surface area contributed by atoms with Crippen molar-refractivity contribution in [2.45, 2.75) is 155 Å². The van der Waals surface area contributed by atoms with E-state index >= 15 is 0 Å². The molecule has 1 N–H and O–H groups in total. The van der Waals surface area contributed by atoms with E-state index in [1.54, 1.807) is 11.1 Å². The number of rotatable bonds is 5.